The van der Waals surface area contributed by atoms with E-state index >= 15 is 0 Å². The Morgan fingerprint density at radius 2 is 1.87 bits per heavy atom. The molecular formula is C37H41IN2O5. The number of benzene rings is 3. The molecule has 3 aliphatic heterocycles. The van der Waals surface area contributed by atoms with Crippen molar-refractivity contribution < 1.29 is 24.2 Å². The molecule has 3 aromatic carbocycles. The van der Waals surface area contributed by atoms with Crippen LogP contribution in [-0.4, -0.2) is 54.2 Å². The predicted molar refractivity (Wildman–Crippen MR) is 183 cm³/mol. The van der Waals surface area contributed by atoms with Gasteiger partial charge in [0.2, 0.25) is 5.91 Å². The number of aliphatic hydroxyl groups excluding tert-OH is 1. The summed E-state index contributed by atoms with van der Waals surface area (Å²) in [5.74, 6) is 0.116. The maximum atomic E-state index is 14.6. The lowest BCUT2D eigenvalue weighted by Crippen LogP contribution is -2.48. The van der Waals surface area contributed by atoms with Crippen molar-refractivity contribution in [1.29, 1.82) is 0 Å². The smallest absolute Gasteiger partial charge is 0.264 e. The van der Waals surface area contributed by atoms with Crippen molar-refractivity contribution in [3.63, 3.8) is 0 Å². The largest absolute Gasteiger partial charge is 0.497 e. The van der Waals surface area contributed by atoms with E-state index < -0.39 is 17.1 Å². The highest BCUT2D eigenvalue weighted by Crippen LogP contribution is 2.60. The highest BCUT2D eigenvalue weighted by molar-refractivity contribution is 14.1. The fraction of sp³-hybridized carbons (Fsp3) is 0.405. The van der Waals surface area contributed by atoms with Crippen LogP contribution in [0.4, 0.5) is 5.69 Å². The standard InChI is InChI=1S/C37H41IN2O5/c1-6-17-39-31-16-13-27(38)19-30(31)37(35(39)43)23(2)34(36(3,4)26-11-14-29(44-5)15-12-26)32(45-37)20-33(42)40-21-25-10-8-7-9-24(25)18-28(40)22-41/h6-16,19,23,28,32,34,41H,1,17-18,20-22H2,2-5H3/t23-,28+,32+,34-,37+/m1/s1. The van der Waals surface area contributed by atoms with E-state index in [-0.39, 0.29) is 42.7 Å². The monoisotopic (exact) mass is 720 g/mol. The van der Waals surface area contributed by atoms with E-state index in [1.807, 2.05) is 42.5 Å². The van der Waals surface area contributed by atoms with Crippen molar-refractivity contribution >= 4 is 40.1 Å². The summed E-state index contributed by atoms with van der Waals surface area (Å²) in [6.45, 7) is 11.1. The molecular weight excluding hydrogens is 679 g/mol. The molecule has 0 bridgehead atoms. The van der Waals surface area contributed by atoms with Crippen LogP contribution in [0, 0.1) is 15.4 Å². The number of anilines is 1. The molecule has 0 unspecified atom stereocenters. The number of hydrogen-bond donors (Lipinski definition) is 1. The van der Waals surface area contributed by atoms with E-state index in [0.717, 1.165) is 37.3 Å². The van der Waals surface area contributed by atoms with E-state index in [4.69, 9.17) is 9.47 Å². The van der Waals surface area contributed by atoms with Crippen molar-refractivity contribution in [2.75, 3.05) is 25.2 Å². The van der Waals surface area contributed by atoms with Crippen molar-refractivity contribution in [2.24, 2.45) is 11.8 Å². The van der Waals surface area contributed by atoms with Gasteiger partial charge in [-0.15, -0.1) is 6.58 Å². The van der Waals surface area contributed by atoms with E-state index in [0.29, 0.717) is 19.5 Å². The molecule has 6 rings (SSSR count). The maximum absolute atomic E-state index is 14.6. The first-order valence-corrected chi connectivity index (χ1v) is 16.7. The number of nitrogens with zero attached hydrogens (tertiary/aromatic N) is 2. The molecule has 8 heteroatoms. The summed E-state index contributed by atoms with van der Waals surface area (Å²) in [6, 6.07) is 21.9. The van der Waals surface area contributed by atoms with Crippen LogP contribution in [0.3, 0.4) is 0 Å². The van der Waals surface area contributed by atoms with Crippen molar-refractivity contribution in [1.82, 2.24) is 4.90 Å². The number of hydrogen-bond acceptors (Lipinski definition) is 5. The van der Waals surface area contributed by atoms with Crippen LogP contribution >= 0.6 is 22.6 Å². The molecule has 2 amide bonds. The van der Waals surface area contributed by atoms with E-state index in [1.165, 1.54) is 0 Å². The van der Waals surface area contributed by atoms with Gasteiger partial charge in [-0.25, -0.2) is 0 Å². The second-order valence-electron chi connectivity index (χ2n) is 13.1. The Hall–Kier alpha value is -3.21. The minimum Gasteiger partial charge on any atom is -0.497 e. The zero-order valence-electron chi connectivity index (χ0n) is 26.3. The molecule has 0 aliphatic carbocycles. The van der Waals surface area contributed by atoms with Crippen LogP contribution in [0.25, 0.3) is 0 Å². The van der Waals surface area contributed by atoms with Gasteiger partial charge in [-0.2, -0.15) is 0 Å². The summed E-state index contributed by atoms with van der Waals surface area (Å²) in [5, 5.41) is 10.3. The zero-order valence-corrected chi connectivity index (χ0v) is 28.5. The van der Waals surface area contributed by atoms with E-state index in [2.05, 4.69) is 74.2 Å². The van der Waals surface area contributed by atoms with Gasteiger partial charge < -0.3 is 24.4 Å². The van der Waals surface area contributed by atoms with Gasteiger partial charge in [0.25, 0.3) is 5.91 Å². The lowest BCUT2D eigenvalue weighted by atomic mass is 9.63. The fourth-order valence-corrected chi connectivity index (χ4v) is 8.62. The minimum absolute atomic E-state index is 0.0791. The van der Waals surface area contributed by atoms with E-state index in [9.17, 15) is 14.7 Å². The van der Waals surface area contributed by atoms with Gasteiger partial charge in [-0.05, 0) is 81.4 Å². The molecule has 7 nitrogen and oxygen atoms in total. The Morgan fingerprint density at radius 1 is 1.16 bits per heavy atom. The Balaban J connectivity index is 1.43. The van der Waals surface area contributed by atoms with Crippen LogP contribution < -0.4 is 9.64 Å². The zero-order chi connectivity index (χ0) is 32.1. The molecule has 45 heavy (non-hydrogen) atoms. The number of amides is 2. The Labute approximate surface area is 279 Å². The average Bonchev–Trinajstić information content (AvgIpc) is 3.46. The first kappa shape index (κ1) is 31.8. The molecule has 236 valence electrons. The summed E-state index contributed by atoms with van der Waals surface area (Å²) in [7, 11) is 1.65. The number of halogens is 1. The van der Waals surface area contributed by atoms with Gasteiger partial charge in [-0.3, -0.25) is 9.59 Å². The number of aliphatic hydroxyl groups is 1. The lowest BCUT2D eigenvalue weighted by molar-refractivity contribution is -0.151. The summed E-state index contributed by atoms with van der Waals surface area (Å²) in [6.07, 6.45) is 1.88. The normalized spacial score (nSPS) is 25.8. The summed E-state index contributed by atoms with van der Waals surface area (Å²) in [5.41, 5.74) is 3.29. The average molecular weight is 721 g/mol. The second kappa shape index (κ2) is 12.2. The molecule has 3 aliphatic rings. The predicted octanol–water partition coefficient (Wildman–Crippen LogP) is 5.99. The maximum Gasteiger partial charge on any atom is 0.264 e. The molecule has 0 radical (unpaired) electrons. The van der Waals surface area contributed by atoms with Gasteiger partial charge in [0.05, 0.1) is 38.0 Å². The molecule has 5 atom stereocenters. The Morgan fingerprint density at radius 3 is 2.53 bits per heavy atom. The second-order valence-corrected chi connectivity index (χ2v) is 14.3. The van der Waals surface area contributed by atoms with Gasteiger partial charge in [0.1, 0.15) is 5.75 Å². The molecule has 1 spiro atoms. The minimum atomic E-state index is -1.25. The Kier molecular flexibility index (Phi) is 8.60. The molecule has 1 fully saturated rings. The number of ether oxygens (including phenoxy) is 2. The highest BCUT2D eigenvalue weighted by Gasteiger charge is 2.66. The molecule has 1 saturated heterocycles. The lowest BCUT2D eigenvalue weighted by Gasteiger charge is -2.40. The third-order valence-corrected chi connectivity index (χ3v) is 11.0. The first-order chi connectivity index (χ1) is 21.6. The quantitative estimate of drug-likeness (QED) is 0.229. The number of carbonyl (C=O) groups is 2. The molecule has 0 aromatic heterocycles. The SMILES string of the molecule is C=CCN1C(=O)[C@@]2(O[C@@H](CC(=O)N3Cc4ccccc4C[C@H]3CO)[C@H](C(C)(C)c3ccc(OC)cc3)[C@H]2C)c2cc(I)ccc21. The molecule has 1 N–H and O–H groups in total. The van der Waals surface area contributed by atoms with Crippen molar-refractivity contribution in [2.45, 2.75) is 63.3 Å². The van der Waals surface area contributed by atoms with Crippen LogP contribution in [0.5, 0.6) is 5.75 Å². The van der Waals surface area contributed by atoms with Crippen LogP contribution in [0.1, 0.15) is 49.4 Å². The number of methoxy groups -OCH3 is 1. The van der Waals surface area contributed by atoms with Crippen molar-refractivity contribution in [3.8, 4) is 5.75 Å². The topological polar surface area (TPSA) is 79.3 Å². The van der Waals surface area contributed by atoms with Crippen molar-refractivity contribution in [3.05, 3.63) is 105 Å². The van der Waals surface area contributed by atoms with Gasteiger partial charge in [0.15, 0.2) is 5.60 Å². The van der Waals surface area contributed by atoms with E-state index in [1.54, 1.807) is 23.0 Å². The Bertz CT molecular complexity index is 1620. The number of rotatable bonds is 8. The summed E-state index contributed by atoms with van der Waals surface area (Å²) in [4.78, 5) is 32.4. The van der Waals surface area contributed by atoms with Gasteiger partial charge in [0, 0.05) is 34.1 Å². The van der Waals surface area contributed by atoms with Gasteiger partial charge >= 0.3 is 0 Å². The van der Waals surface area contributed by atoms with Crippen LogP contribution in [0.2, 0.25) is 0 Å². The molecule has 3 aromatic rings. The third kappa shape index (κ3) is 5.19. The molecule has 3 heterocycles. The first-order valence-electron chi connectivity index (χ1n) is 15.6. The number of carbonyl (C=O) groups excluding carboxylic acids is 2. The third-order valence-electron chi connectivity index (χ3n) is 10.4. The molecule has 0 saturated carbocycles. The summed E-state index contributed by atoms with van der Waals surface area (Å²) < 4.78 is 13.5. The van der Waals surface area contributed by atoms with Crippen LogP contribution in [-0.2, 0) is 38.3 Å². The number of fused-ring (bicyclic) bond motifs is 3. The fourth-order valence-electron chi connectivity index (χ4n) is 8.13. The van der Waals surface area contributed by atoms with Crippen LogP contribution in [0.15, 0.2) is 79.4 Å². The van der Waals surface area contributed by atoms with Gasteiger partial charge in [-0.1, -0.05) is 63.2 Å². The summed E-state index contributed by atoms with van der Waals surface area (Å²) >= 11 is 2.28. The highest BCUT2D eigenvalue weighted by atomic mass is 127.